The molecule has 0 aliphatic rings. The van der Waals surface area contributed by atoms with E-state index in [9.17, 15) is 18.1 Å². The van der Waals surface area contributed by atoms with E-state index in [1.54, 1.807) is 0 Å². The quantitative estimate of drug-likeness (QED) is 0.334. The molecule has 0 aliphatic carbocycles. The van der Waals surface area contributed by atoms with E-state index < -0.39 is 20.4 Å². The lowest BCUT2D eigenvalue weighted by Crippen LogP contribution is -2.20. The molecule has 0 spiro atoms. The van der Waals surface area contributed by atoms with Crippen molar-refractivity contribution in [3.8, 4) is 5.75 Å². The molecule has 0 aliphatic heterocycles. The maximum Gasteiger partial charge on any atom is 0.298 e. The fourth-order valence-corrected chi connectivity index (χ4v) is 4.43. The van der Waals surface area contributed by atoms with Gasteiger partial charge in [-0.3, -0.25) is 4.55 Å². The van der Waals surface area contributed by atoms with Gasteiger partial charge in [0.15, 0.2) is 0 Å². The van der Waals surface area contributed by atoms with Gasteiger partial charge in [0.05, 0.1) is 0 Å². The minimum atomic E-state index is -4.52. The highest BCUT2D eigenvalue weighted by molar-refractivity contribution is 7.86. The number of phenols is 1. The van der Waals surface area contributed by atoms with E-state index >= 15 is 0 Å². The lowest BCUT2D eigenvalue weighted by Gasteiger charge is -2.28. The maximum absolute atomic E-state index is 11.9. The van der Waals surface area contributed by atoms with Gasteiger partial charge >= 0.3 is 0 Å². The average molecular weight is 419 g/mol. The predicted octanol–water partition coefficient (Wildman–Crippen LogP) is 6.26. The summed E-state index contributed by atoms with van der Waals surface area (Å²) in [5.74, 6) is -0.371. The third-order valence-corrected chi connectivity index (χ3v) is 6.52. The summed E-state index contributed by atoms with van der Waals surface area (Å²) in [5.41, 5.74) is 1.69. The summed E-state index contributed by atoms with van der Waals surface area (Å²) in [5, 5.41) is 10.7. The molecule has 0 heterocycles. The number of hydrogen-bond acceptors (Lipinski definition) is 3. The molecule has 2 aromatic rings. The van der Waals surface area contributed by atoms with Gasteiger partial charge in [0.25, 0.3) is 10.1 Å². The third kappa shape index (κ3) is 6.31. The smallest absolute Gasteiger partial charge is 0.298 e. The first-order chi connectivity index (χ1) is 13.7. The lowest BCUT2D eigenvalue weighted by atomic mass is 9.77. The second-order valence-corrected chi connectivity index (χ2v) is 9.72. The number of unbranched alkanes of at least 4 members (excludes halogenated alkanes) is 6. The van der Waals surface area contributed by atoms with Crippen LogP contribution in [0.4, 0.5) is 0 Å². The van der Waals surface area contributed by atoms with E-state index in [0.717, 1.165) is 24.0 Å². The second-order valence-electron chi connectivity index (χ2n) is 8.33. The molecule has 2 rings (SSSR count). The molecular weight excluding hydrogens is 384 g/mol. The molecular formula is C24H34O4S. The molecule has 0 unspecified atom stereocenters. The molecule has 160 valence electrons. The largest absolute Gasteiger partial charge is 0.506 e. The Kier molecular flexibility index (Phi) is 8.29. The van der Waals surface area contributed by atoms with Crippen LogP contribution in [0.1, 0.15) is 82.4 Å². The SMILES string of the molecule is CCCCCCCCCc1cc(C(C)(C)c2ccccc2)c(O)c(S(=O)(=O)O)c1. The second kappa shape index (κ2) is 10.3. The summed E-state index contributed by atoms with van der Waals surface area (Å²) >= 11 is 0. The molecule has 29 heavy (non-hydrogen) atoms. The Labute approximate surface area is 175 Å². The van der Waals surface area contributed by atoms with Crippen LogP contribution >= 0.6 is 0 Å². The van der Waals surface area contributed by atoms with E-state index in [1.807, 2.05) is 50.2 Å². The molecule has 0 saturated heterocycles. The van der Waals surface area contributed by atoms with Gasteiger partial charge in [-0.2, -0.15) is 8.42 Å². The van der Waals surface area contributed by atoms with Gasteiger partial charge < -0.3 is 5.11 Å². The Morgan fingerprint density at radius 3 is 2.07 bits per heavy atom. The van der Waals surface area contributed by atoms with Crippen molar-refractivity contribution in [2.45, 2.75) is 82.4 Å². The zero-order valence-corrected chi connectivity index (χ0v) is 18.6. The predicted molar refractivity (Wildman–Crippen MR) is 118 cm³/mol. The summed E-state index contributed by atoms with van der Waals surface area (Å²) in [6, 6.07) is 13.0. The molecule has 2 aromatic carbocycles. The first-order valence-electron chi connectivity index (χ1n) is 10.6. The summed E-state index contributed by atoms with van der Waals surface area (Å²) < 4.78 is 33.4. The molecule has 0 radical (unpaired) electrons. The number of hydrogen-bond donors (Lipinski definition) is 2. The number of benzene rings is 2. The van der Waals surface area contributed by atoms with Crippen molar-refractivity contribution in [2.24, 2.45) is 0 Å². The van der Waals surface area contributed by atoms with Crippen LogP contribution in [-0.2, 0) is 22.0 Å². The number of rotatable bonds is 11. The minimum absolute atomic E-state index is 0.371. The molecule has 2 N–H and O–H groups in total. The molecule has 0 amide bonds. The van der Waals surface area contributed by atoms with Gasteiger partial charge in [-0.25, -0.2) is 0 Å². The number of phenolic OH excluding ortho intramolecular Hbond substituents is 1. The highest BCUT2D eigenvalue weighted by Crippen LogP contribution is 2.41. The highest BCUT2D eigenvalue weighted by Gasteiger charge is 2.30. The van der Waals surface area contributed by atoms with Crippen molar-refractivity contribution in [1.29, 1.82) is 0 Å². The van der Waals surface area contributed by atoms with E-state index in [1.165, 1.54) is 38.2 Å². The maximum atomic E-state index is 11.9. The average Bonchev–Trinajstić information content (AvgIpc) is 2.68. The Hall–Kier alpha value is -1.85. The van der Waals surface area contributed by atoms with Crippen LogP contribution in [-0.4, -0.2) is 18.1 Å². The lowest BCUT2D eigenvalue weighted by molar-refractivity contribution is 0.426. The summed E-state index contributed by atoms with van der Waals surface area (Å²) in [4.78, 5) is -0.406. The normalized spacial score (nSPS) is 12.3. The summed E-state index contributed by atoms with van der Waals surface area (Å²) in [7, 11) is -4.52. The van der Waals surface area contributed by atoms with Crippen molar-refractivity contribution in [1.82, 2.24) is 0 Å². The van der Waals surface area contributed by atoms with Crippen LogP contribution in [0.5, 0.6) is 5.75 Å². The number of aryl methyl sites for hydroxylation is 1. The molecule has 0 aromatic heterocycles. The Morgan fingerprint density at radius 2 is 1.48 bits per heavy atom. The van der Waals surface area contributed by atoms with Crippen LogP contribution < -0.4 is 0 Å². The molecule has 4 nitrogen and oxygen atoms in total. The van der Waals surface area contributed by atoms with Gasteiger partial charge in [-0.05, 0) is 30.0 Å². The van der Waals surface area contributed by atoms with Crippen molar-refractivity contribution in [3.63, 3.8) is 0 Å². The molecule has 0 saturated carbocycles. The first-order valence-corrected chi connectivity index (χ1v) is 12.0. The van der Waals surface area contributed by atoms with Crippen LogP contribution in [0.15, 0.2) is 47.4 Å². The van der Waals surface area contributed by atoms with E-state index in [4.69, 9.17) is 0 Å². The third-order valence-electron chi connectivity index (χ3n) is 5.65. The van der Waals surface area contributed by atoms with Crippen molar-refractivity contribution < 1.29 is 18.1 Å². The topological polar surface area (TPSA) is 74.6 Å². The van der Waals surface area contributed by atoms with E-state index in [2.05, 4.69) is 6.92 Å². The van der Waals surface area contributed by atoms with Crippen LogP contribution in [0.3, 0.4) is 0 Å². The molecule has 5 heteroatoms. The zero-order chi connectivity index (χ0) is 21.5. The van der Waals surface area contributed by atoms with E-state index in [0.29, 0.717) is 12.0 Å². The monoisotopic (exact) mass is 418 g/mol. The van der Waals surface area contributed by atoms with E-state index in [-0.39, 0.29) is 5.75 Å². The minimum Gasteiger partial charge on any atom is -0.506 e. The Balaban J connectivity index is 2.28. The summed E-state index contributed by atoms with van der Waals surface area (Å²) in [6.45, 7) is 6.09. The molecule has 0 fully saturated rings. The molecule has 0 atom stereocenters. The molecule has 0 bridgehead atoms. The van der Waals surface area contributed by atoms with Gasteiger partial charge in [0.2, 0.25) is 0 Å². The van der Waals surface area contributed by atoms with Gasteiger partial charge in [0, 0.05) is 11.0 Å². The Morgan fingerprint density at radius 1 is 0.897 bits per heavy atom. The first kappa shape index (κ1) is 23.4. The standard InChI is InChI=1S/C24H34O4S/c1-4-5-6-7-8-9-11-14-19-17-21(23(25)22(18-19)29(26,27)28)24(2,3)20-15-12-10-13-16-20/h10,12-13,15-18,25H,4-9,11,14H2,1-3H3,(H,26,27,28). The highest BCUT2D eigenvalue weighted by atomic mass is 32.2. The van der Waals surface area contributed by atoms with Crippen molar-refractivity contribution in [3.05, 3.63) is 59.2 Å². The van der Waals surface area contributed by atoms with Gasteiger partial charge in [0.1, 0.15) is 10.6 Å². The van der Waals surface area contributed by atoms with Crippen LogP contribution in [0, 0.1) is 0 Å². The van der Waals surface area contributed by atoms with Gasteiger partial charge in [-0.15, -0.1) is 0 Å². The van der Waals surface area contributed by atoms with Crippen LogP contribution in [0.25, 0.3) is 0 Å². The van der Waals surface area contributed by atoms with Crippen LogP contribution in [0.2, 0.25) is 0 Å². The Bertz CT molecular complexity index is 887. The van der Waals surface area contributed by atoms with Crippen molar-refractivity contribution >= 4 is 10.1 Å². The number of aromatic hydroxyl groups is 1. The summed E-state index contributed by atoms with van der Waals surface area (Å²) in [6.07, 6.45) is 8.92. The van der Waals surface area contributed by atoms with Crippen molar-refractivity contribution in [2.75, 3.05) is 0 Å². The zero-order valence-electron chi connectivity index (χ0n) is 17.8. The fourth-order valence-electron chi connectivity index (χ4n) is 3.78. The fraction of sp³-hybridized carbons (Fsp3) is 0.500. The van der Waals surface area contributed by atoms with Gasteiger partial charge in [-0.1, -0.05) is 95.7 Å².